The van der Waals surface area contributed by atoms with Gasteiger partial charge < -0.3 is 9.47 Å². The van der Waals surface area contributed by atoms with Crippen molar-refractivity contribution in [2.24, 2.45) is 5.10 Å². The molecule has 25 heavy (non-hydrogen) atoms. The van der Waals surface area contributed by atoms with Gasteiger partial charge in [0.05, 0.1) is 19.9 Å². The Morgan fingerprint density at radius 1 is 1.32 bits per heavy atom. The number of hydrogen-bond donors (Lipinski definition) is 2. The van der Waals surface area contributed by atoms with E-state index >= 15 is 0 Å². The third kappa shape index (κ3) is 4.79. The fourth-order valence-corrected chi connectivity index (χ4v) is 2.15. The van der Waals surface area contributed by atoms with E-state index in [0.29, 0.717) is 29.6 Å². The first kappa shape index (κ1) is 18.4. The largest absolute Gasteiger partial charge is 0.493 e. The topological polar surface area (TPSA) is 101 Å². The standard InChI is InChI=1S/C17H23N5O3/c1-6-25-13-9-11(7-8-12(13)24-5)10-18-21-15-14(17(2,3)4)20-22-16(23)19-15/h7-10H,6H2,1-5H3,(H2,19,21,22,23)/b18-10+. The molecule has 8 nitrogen and oxygen atoms in total. The van der Waals surface area contributed by atoms with Crippen LogP contribution in [0.3, 0.4) is 0 Å². The molecule has 0 saturated heterocycles. The maximum atomic E-state index is 11.4. The summed E-state index contributed by atoms with van der Waals surface area (Å²) in [6.07, 6.45) is 1.61. The summed E-state index contributed by atoms with van der Waals surface area (Å²) in [7, 11) is 1.59. The second kappa shape index (κ2) is 7.78. The van der Waals surface area contributed by atoms with E-state index in [4.69, 9.17) is 9.47 Å². The van der Waals surface area contributed by atoms with Crippen molar-refractivity contribution in [2.75, 3.05) is 19.1 Å². The molecule has 8 heteroatoms. The molecule has 2 aromatic rings. The molecule has 0 atom stereocenters. The van der Waals surface area contributed by atoms with Gasteiger partial charge in [0.15, 0.2) is 17.3 Å². The summed E-state index contributed by atoms with van der Waals surface area (Å²) >= 11 is 0. The number of nitrogens with zero attached hydrogens (tertiary/aromatic N) is 3. The first-order valence-corrected chi connectivity index (χ1v) is 7.92. The highest BCUT2D eigenvalue weighted by atomic mass is 16.5. The lowest BCUT2D eigenvalue weighted by Crippen LogP contribution is -2.24. The van der Waals surface area contributed by atoms with Crippen LogP contribution in [0.1, 0.15) is 39.0 Å². The van der Waals surface area contributed by atoms with E-state index < -0.39 is 5.69 Å². The Hall–Kier alpha value is -2.90. The average molecular weight is 345 g/mol. The van der Waals surface area contributed by atoms with Gasteiger partial charge in [0.25, 0.3) is 0 Å². The van der Waals surface area contributed by atoms with Crippen molar-refractivity contribution < 1.29 is 9.47 Å². The highest BCUT2D eigenvalue weighted by molar-refractivity contribution is 5.81. The number of anilines is 1. The van der Waals surface area contributed by atoms with Crippen molar-refractivity contribution in [3.8, 4) is 11.5 Å². The van der Waals surface area contributed by atoms with E-state index in [1.807, 2.05) is 39.8 Å². The predicted molar refractivity (Wildman–Crippen MR) is 96.7 cm³/mol. The van der Waals surface area contributed by atoms with Crippen LogP contribution in [-0.2, 0) is 5.41 Å². The molecule has 0 bridgehead atoms. The van der Waals surface area contributed by atoms with Crippen molar-refractivity contribution in [1.29, 1.82) is 0 Å². The van der Waals surface area contributed by atoms with Crippen LogP contribution in [0.5, 0.6) is 11.5 Å². The number of hydrogen-bond acceptors (Lipinski definition) is 7. The molecule has 0 spiro atoms. The second-order valence-electron chi connectivity index (χ2n) is 6.30. The lowest BCUT2D eigenvalue weighted by atomic mass is 9.92. The quantitative estimate of drug-likeness (QED) is 0.615. The van der Waals surface area contributed by atoms with Gasteiger partial charge in [-0.1, -0.05) is 20.8 Å². The molecule has 0 fully saturated rings. The van der Waals surface area contributed by atoms with Gasteiger partial charge in [0.2, 0.25) is 0 Å². The summed E-state index contributed by atoms with van der Waals surface area (Å²) in [4.78, 5) is 15.3. The highest BCUT2D eigenvalue weighted by Gasteiger charge is 2.21. The molecule has 1 aromatic heterocycles. The molecule has 2 rings (SSSR count). The van der Waals surface area contributed by atoms with Gasteiger partial charge >= 0.3 is 5.69 Å². The van der Waals surface area contributed by atoms with Gasteiger partial charge in [-0.3, -0.25) is 5.43 Å². The van der Waals surface area contributed by atoms with Gasteiger partial charge in [0.1, 0.15) is 5.69 Å². The zero-order valence-electron chi connectivity index (χ0n) is 15.1. The fourth-order valence-electron chi connectivity index (χ4n) is 2.15. The van der Waals surface area contributed by atoms with E-state index in [9.17, 15) is 4.79 Å². The SMILES string of the molecule is CCOc1cc(/C=N/Nc2nc(=O)[nH]nc2C(C)(C)C)ccc1OC. The molecule has 0 saturated carbocycles. The average Bonchev–Trinajstić information content (AvgIpc) is 2.54. The van der Waals surface area contributed by atoms with E-state index in [1.54, 1.807) is 19.4 Å². The van der Waals surface area contributed by atoms with E-state index in [2.05, 4.69) is 25.7 Å². The number of nitrogens with one attached hydrogen (secondary N) is 2. The highest BCUT2D eigenvalue weighted by Crippen LogP contribution is 2.27. The zero-order valence-corrected chi connectivity index (χ0v) is 15.1. The zero-order chi connectivity index (χ0) is 18.4. The molecule has 2 N–H and O–H groups in total. The van der Waals surface area contributed by atoms with Crippen LogP contribution in [0.2, 0.25) is 0 Å². The molecular formula is C17H23N5O3. The van der Waals surface area contributed by atoms with Gasteiger partial charge in [-0.05, 0) is 30.7 Å². The molecule has 1 aromatic carbocycles. The molecule has 134 valence electrons. The van der Waals surface area contributed by atoms with Crippen LogP contribution in [0.15, 0.2) is 28.1 Å². The normalized spacial score (nSPS) is 11.6. The lowest BCUT2D eigenvalue weighted by molar-refractivity contribution is 0.311. The monoisotopic (exact) mass is 345 g/mol. The van der Waals surface area contributed by atoms with Crippen LogP contribution >= 0.6 is 0 Å². The van der Waals surface area contributed by atoms with Gasteiger partial charge in [0, 0.05) is 5.41 Å². The summed E-state index contributed by atoms with van der Waals surface area (Å²) in [6.45, 7) is 8.36. The van der Waals surface area contributed by atoms with Crippen molar-refractivity contribution in [1.82, 2.24) is 15.2 Å². The molecule has 1 heterocycles. The summed E-state index contributed by atoms with van der Waals surface area (Å²) in [5.41, 5.74) is 3.40. The molecule has 0 aliphatic carbocycles. The van der Waals surface area contributed by atoms with Gasteiger partial charge in [-0.25, -0.2) is 9.89 Å². The number of methoxy groups -OCH3 is 1. The van der Waals surface area contributed by atoms with E-state index in [1.165, 1.54) is 0 Å². The van der Waals surface area contributed by atoms with Gasteiger partial charge in [-0.15, -0.1) is 0 Å². The lowest BCUT2D eigenvalue weighted by Gasteiger charge is -2.18. The number of benzene rings is 1. The second-order valence-corrected chi connectivity index (χ2v) is 6.30. The Bertz CT molecular complexity index is 809. The number of hydrazone groups is 1. The minimum Gasteiger partial charge on any atom is -0.493 e. The molecular weight excluding hydrogens is 322 g/mol. The number of rotatable bonds is 6. The minimum absolute atomic E-state index is 0.294. The summed E-state index contributed by atoms with van der Waals surface area (Å²) in [5, 5.41) is 10.6. The van der Waals surface area contributed by atoms with Crippen LogP contribution in [-0.4, -0.2) is 35.1 Å². The Morgan fingerprint density at radius 2 is 2.08 bits per heavy atom. The summed E-state index contributed by atoms with van der Waals surface area (Å²) in [5.74, 6) is 1.62. The first-order valence-electron chi connectivity index (χ1n) is 7.92. The maximum Gasteiger partial charge on any atom is 0.363 e. The number of aromatic amines is 1. The molecule has 0 aliphatic rings. The predicted octanol–water partition coefficient (Wildman–Crippen LogP) is 2.32. The molecule has 0 amide bonds. The van der Waals surface area contributed by atoms with Crippen LogP contribution in [0, 0.1) is 0 Å². The maximum absolute atomic E-state index is 11.4. The summed E-state index contributed by atoms with van der Waals surface area (Å²) < 4.78 is 10.8. The Labute approximate surface area is 146 Å². The van der Waals surface area contributed by atoms with Crippen LogP contribution in [0.25, 0.3) is 0 Å². The van der Waals surface area contributed by atoms with Gasteiger partial charge in [-0.2, -0.15) is 15.2 Å². The van der Waals surface area contributed by atoms with Crippen molar-refractivity contribution in [3.05, 3.63) is 39.9 Å². The fraction of sp³-hybridized carbons (Fsp3) is 0.412. The molecule has 0 radical (unpaired) electrons. The minimum atomic E-state index is -0.534. The third-order valence-corrected chi connectivity index (χ3v) is 3.28. The van der Waals surface area contributed by atoms with Crippen molar-refractivity contribution in [2.45, 2.75) is 33.1 Å². The number of ether oxygens (including phenoxy) is 2. The number of aromatic nitrogens is 3. The first-order chi connectivity index (χ1) is 11.8. The molecule has 0 aliphatic heterocycles. The summed E-state index contributed by atoms with van der Waals surface area (Å²) in [6, 6.07) is 5.47. The van der Waals surface area contributed by atoms with Crippen molar-refractivity contribution >= 4 is 12.0 Å². The van der Waals surface area contributed by atoms with Crippen LogP contribution < -0.4 is 20.6 Å². The number of H-pyrrole nitrogens is 1. The Kier molecular flexibility index (Phi) is 5.74. The van der Waals surface area contributed by atoms with E-state index in [0.717, 1.165) is 5.56 Å². The Balaban J connectivity index is 2.23. The third-order valence-electron chi connectivity index (χ3n) is 3.28. The smallest absolute Gasteiger partial charge is 0.363 e. The Morgan fingerprint density at radius 3 is 2.72 bits per heavy atom. The van der Waals surface area contributed by atoms with Crippen molar-refractivity contribution in [3.63, 3.8) is 0 Å². The van der Waals surface area contributed by atoms with E-state index in [-0.39, 0.29) is 5.41 Å². The van der Waals surface area contributed by atoms with Crippen LogP contribution in [0.4, 0.5) is 5.82 Å². The molecule has 0 unspecified atom stereocenters.